The van der Waals surface area contributed by atoms with E-state index in [0.717, 1.165) is 5.56 Å². The Labute approximate surface area is 120 Å². The number of halogens is 2. The van der Waals surface area contributed by atoms with Crippen LogP contribution in [0.5, 0.6) is 11.5 Å². The molecule has 0 aliphatic heterocycles. The fourth-order valence-corrected chi connectivity index (χ4v) is 1.94. The smallest absolute Gasteiger partial charge is 0.141 e. The van der Waals surface area contributed by atoms with Gasteiger partial charge in [-0.05, 0) is 59.7 Å². The predicted molar refractivity (Wildman–Crippen MR) is 78.1 cm³/mol. The van der Waals surface area contributed by atoms with Crippen LogP contribution < -0.4 is 10.1 Å². The number of hydrogen-bond donors (Lipinski definition) is 1. The van der Waals surface area contributed by atoms with Crippen LogP contribution in [0.25, 0.3) is 0 Å². The molecule has 0 aromatic heterocycles. The van der Waals surface area contributed by atoms with Crippen molar-refractivity contribution < 1.29 is 9.13 Å². The predicted octanol–water partition coefficient (Wildman–Crippen LogP) is 4.66. The molecule has 2 nitrogen and oxygen atoms in total. The lowest BCUT2D eigenvalue weighted by atomic mass is 10.1. The van der Waals surface area contributed by atoms with E-state index in [4.69, 9.17) is 4.74 Å². The first-order valence-electron chi connectivity index (χ1n) is 6.00. The highest BCUT2D eigenvalue weighted by Gasteiger charge is 2.06. The van der Waals surface area contributed by atoms with Gasteiger partial charge in [-0.15, -0.1) is 0 Å². The second-order valence-electron chi connectivity index (χ2n) is 4.26. The second kappa shape index (κ2) is 6.17. The Morgan fingerprint density at radius 3 is 2.58 bits per heavy atom. The molecule has 1 unspecified atom stereocenters. The summed E-state index contributed by atoms with van der Waals surface area (Å²) in [7, 11) is 1.91. The van der Waals surface area contributed by atoms with Crippen molar-refractivity contribution in [2.24, 2.45) is 0 Å². The molecule has 0 bridgehead atoms. The average molecular weight is 324 g/mol. The van der Waals surface area contributed by atoms with Crippen molar-refractivity contribution in [1.82, 2.24) is 5.32 Å². The summed E-state index contributed by atoms with van der Waals surface area (Å²) in [5, 5.41) is 3.17. The van der Waals surface area contributed by atoms with Gasteiger partial charge in [0.25, 0.3) is 0 Å². The van der Waals surface area contributed by atoms with Crippen LogP contribution in [0.2, 0.25) is 0 Å². The molecular formula is C15H15BrFNO. The standard InChI is InChI=1S/C15H15BrFNO/c1-10(18-2)11-4-3-5-12(8-11)19-13-6-7-14(16)15(17)9-13/h3-10,18H,1-2H3. The van der Waals surface area contributed by atoms with E-state index in [1.807, 2.05) is 31.3 Å². The highest BCUT2D eigenvalue weighted by Crippen LogP contribution is 2.27. The largest absolute Gasteiger partial charge is 0.457 e. The van der Waals surface area contributed by atoms with Crippen LogP contribution in [0.1, 0.15) is 18.5 Å². The van der Waals surface area contributed by atoms with Gasteiger partial charge < -0.3 is 10.1 Å². The van der Waals surface area contributed by atoms with E-state index in [2.05, 4.69) is 28.2 Å². The molecule has 0 aliphatic carbocycles. The summed E-state index contributed by atoms with van der Waals surface area (Å²) in [5.41, 5.74) is 1.12. The molecule has 0 heterocycles. The highest BCUT2D eigenvalue weighted by atomic mass is 79.9. The molecule has 0 saturated heterocycles. The summed E-state index contributed by atoms with van der Waals surface area (Å²) in [6.45, 7) is 2.07. The van der Waals surface area contributed by atoms with Gasteiger partial charge >= 0.3 is 0 Å². The average Bonchev–Trinajstić information content (AvgIpc) is 2.42. The first-order chi connectivity index (χ1) is 9.10. The van der Waals surface area contributed by atoms with Crippen LogP contribution in [-0.4, -0.2) is 7.05 Å². The normalized spacial score (nSPS) is 12.2. The van der Waals surface area contributed by atoms with Gasteiger partial charge in [-0.3, -0.25) is 0 Å². The number of rotatable bonds is 4. The summed E-state index contributed by atoms with van der Waals surface area (Å²) in [4.78, 5) is 0. The van der Waals surface area contributed by atoms with Crippen molar-refractivity contribution >= 4 is 15.9 Å². The lowest BCUT2D eigenvalue weighted by molar-refractivity contribution is 0.474. The van der Waals surface area contributed by atoms with E-state index in [9.17, 15) is 4.39 Å². The minimum absolute atomic E-state index is 0.241. The minimum Gasteiger partial charge on any atom is -0.457 e. The van der Waals surface area contributed by atoms with E-state index >= 15 is 0 Å². The van der Waals surface area contributed by atoms with Crippen molar-refractivity contribution in [2.75, 3.05) is 7.05 Å². The fraction of sp³-hybridized carbons (Fsp3) is 0.200. The number of hydrogen-bond acceptors (Lipinski definition) is 2. The van der Waals surface area contributed by atoms with E-state index in [0.29, 0.717) is 16.0 Å². The monoisotopic (exact) mass is 323 g/mol. The molecule has 2 aromatic rings. The summed E-state index contributed by atoms with van der Waals surface area (Å²) in [5.74, 6) is 0.841. The molecule has 2 rings (SSSR count). The highest BCUT2D eigenvalue weighted by molar-refractivity contribution is 9.10. The van der Waals surface area contributed by atoms with Gasteiger partial charge in [-0.1, -0.05) is 12.1 Å². The lowest BCUT2D eigenvalue weighted by Gasteiger charge is -2.12. The Morgan fingerprint density at radius 1 is 1.16 bits per heavy atom. The Hall–Kier alpha value is -1.39. The molecule has 0 spiro atoms. The Bertz CT molecular complexity index is 574. The Balaban J connectivity index is 2.20. The first kappa shape index (κ1) is 14.0. The fourth-order valence-electron chi connectivity index (χ4n) is 1.69. The van der Waals surface area contributed by atoms with E-state index < -0.39 is 0 Å². The Kier molecular flexibility index (Phi) is 4.56. The SMILES string of the molecule is CNC(C)c1cccc(Oc2ccc(Br)c(F)c2)c1. The molecule has 0 radical (unpaired) electrons. The molecule has 2 aromatic carbocycles. The van der Waals surface area contributed by atoms with Gasteiger partial charge in [0.15, 0.2) is 0 Å². The van der Waals surface area contributed by atoms with Crippen LogP contribution in [0.15, 0.2) is 46.9 Å². The maximum atomic E-state index is 13.4. The Morgan fingerprint density at radius 2 is 1.89 bits per heavy atom. The summed E-state index contributed by atoms with van der Waals surface area (Å²) in [6, 6.07) is 12.7. The molecule has 1 atom stereocenters. The van der Waals surface area contributed by atoms with Crippen molar-refractivity contribution in [2.45, 2.75) is 13.0 Å². The first-order valence-corrected chi connectivity index (χ1v) is 6.79. The van der Waals surface area contributed by atoms with Gasteiger partial charge in [-0.2, -0.15) is 0 Å². The van der Waals surface area contributed by atoms with Crippen molar-refractivity contribution in [3.63, 3.8) is 0 Å². The van der Waals surface area contributed by atoms with Crippen molar-refractivity contribution in [3.8, 4) is 11.5 Å². The van der Waals surface area contributed by atoms with E-state index in [1.165, 1.54) is 6.07 Å². The second-order valence-corrected chi connectivity index (χ2v) is 5.12. The van der Waals surface area contributed by atoms with Gasteiger partial charge in [-0.25, -0.2) is 4.39 Å². The van der Waals surface area contributed by atoms with Crippen LogP contribution >= 0.6 is 15.9 Å². The molecule has 0 fully saturated rings. The summed E-state index contributed by atoms with van der Waals surface area (Å²) < 4.78 is 19.5. The zero-order valence-electron chi connectivity index (χ0n) is 10.8. The number of benzene rings is 2. The molecular weight excluding hydrogens is 309 g/mol. The molecule has 4 heteroatoms. The zero-order valence-corrected chi connectivity index (χ0v) is 12.4. The lowest BCUT2D eigenvalue weighted by Crippen LogP contribution is -2.11. The molecule has 0 aliphatic rings. The van der Waals surface area contributed by atoms with E-state index in [1.54, 1.807) is 12.1 Å². The van der Waals surface area contributed by atoms with Crippen LogP contribution in [0, 0.1) is 5.82 Å². The van der Waals surface area contributed by atoms with Gasteiger partial charge in [0.2, 0.25) is 0 Å². The third-order valence-corrected chi connectivity index (χ3v) is 3.56. The number of ether oxygens (including phenoxy) is 1. The van der Waals surface area contributed by atoms with Gasteiger partial charge in [0.1, 0.15) is 17.3 Å². The van der Waals surface area contributed by atoms with Crippen molar-refractivity contribution in [3.05, 3.63) is 58.3 Å². The zero-order chi connectivity index (χ0) is 13.8. The topological polar surface area (TPSA) is 21.3 Å². The van der Waals surface area contributed by atoms with Crippen LogP contribution in [0.3, 0.4) is 0 Å². The third-order valence-electron chi connectivity index (χ3n) is 2.92. The minimum atomic E-state index is -0.336. The molecule has 0 saturated carbocycles. The molecule has 0 amide bonds. The third kappa shape index (κ3) is 3.55. The number of nitrogens with one attached hydrogen (secondary N) is 1. The van der Waals surface area contributed by atoms with Gasteiger partial charge in [0, 0.05) is 12.1 Å². The van der Waals surface area contributed by atoms with E-state index in [-0.39, 0.29) is 11.9 Å². The molecule has 100 valence electrons. The maximum Gasteiger partial charge on any atom is 0.141 e. The summed E-state index contributed by atoms with van der Waals surface area (Å²) in [6.07, 6.45) is 0. The summed E-state index contributed by atoms with van der Waals surface area (Å²) >= 11 is 3.12. The molecule has 19 heavy (non-hydrogen) atoms. The van der Waals surface area contributed by atoms with Crippen LogP contribution in [-0.2, 0) is 0 Å². The quantitative estimate of drug-likeness (QED) is 0.883. The van der Waals surface area contributed by atoms with Gasteiger partial charge in [0.05, 0.1) is 4.47 Å². The maximum absolute atomic E-state index is 13.4. The van der Waals surface area contributed by atoms with Crippen molar-refractivity contribution in [1.29, 1.82) is 0 Å². The molecule has 1 N–H and O–H groups in total. The van der Waals surface area contributed by atoms with Crippen LogP contribution in [0.4, 0.5) is 4.39 Å².